The van der Waals surface area contributed by atoms with Gasteiger partial charge in [0.05, 0.1) is 6.04 Å². The van der Waals surface area contributed by atoms with E-state index < -0.39 is 0 Å². The molecular weight excluding hydrogens is 381 g/mol. The summed E-state index contributed by atoms with van der Waals surface area (Å²) in [6.45, 7) is 7.25. The van der Waals surface area contributed by atoms with Crippen LogP contribution in [0.5, 0.6) is 0 Å². The molecule has 0 aliphatic heterocycles. The Bertz CT molecular complexity index is 610. The summed E-state index contributed by atoms with van der Waals surface area (Å²) in [4.78, 5) is 0. The Morgan fingerprint density at radius 2 is 1.80 bits per heavy atom. The Kier molecular flexibility index (Phi) is 5.47. The van der Waals surface area contributed by atoms with Crippen molar-refractivity contribution in [2.45, 2.75) is 26.8 Å². The van der Waals surface area contributed by atoms with Crippen LogP contribution in [0, 0.1) is 17.4 Å². The van der Waals surface area contributed by atoms with Gasteiger partial charge in [0.25, 0.3) is 0 Å². The molecule has 0 saturated carbocycles. The molecule has 1 nitrogen and oxygen atoms in total. The molecule has 1 N–H and O–H groups in total. The molecule has 20 heavy (non-hydrogen) atoms. The second-order valence-corrected chi connectivity index (χ2v) is 6.54. The Hall–Kier alpha value is -0.580. The van der Waals surface area contributed by atoms with Crippen LogP contribution in [0.25, 0.3) is 0 Å². The average molecular weight is 400 g/mol. The van der Waals surface area contributed by atoms with Crippen molar-refractivity contribution in [1.29, 1.82) is 0 Å². The SMILES string of the molecule is CCNC(c1cc(C)c(Cl)cc1C)c1ccccc1I. The number of benzene rings is 2. The molecule has 2 rings (SSSR count). The van der Waals surface area contributed by atoms with E-state index >= 15 is 0 Å². The van der Waals surface area contributed by atoms with Gasteiger partial charge in [0.2, 0.25) is 0 Å². The van der Waals surface area contributed by atoms with E-state index in [0.29, 0.717) is 0 Å². The first-order valence-electron chi connectivity index (χ1n) is 6.79. The molecule has 0 saturated heterocycles. The van der Waals surface area contributed by atoms with Gasteiger partial charge >= 0.3 is 0 Å². The number of hydrogen-bond donors (Lipinski definition) is 1. The van der Waals surface area contributed by atoms with Gasteiger partial charge in [-0.2, -0.15) is 0 Å². The molecule has 0 aliphatic carbocycles. The third kappa shape index (κ3) is 3.35. The normalized spacial score (nSPS) is 12.4. The zero-order chi connectivity index (χ0) is 14.7. The summed E-state index contributed by atoms with van der Waals surface area (Å²) in [5.41, 5.74) is 4.98. The van der Waals surface area contributed by atoms with Crippen LogP contribution in [0.4, 0.5) is 0 Å². The predicted octanol–water partition coefficient (Wildman–Crippen LogP) is 5.26. The van der Waals surface area contributed by atoms with E-state index in [1.807, 2.05) is 0 Å². The lowest BCUT2D eigenvalue weighted by atomic mass is 9.93. The maximum atomic E-state index is 6.22. The van der Waals surface area contributed by atoms with Crippen molar-refractivity contribution in [1.82, 2.24) is 5.32 Å². The maximum absolute atomic E-state index is 6.22. The van der Waals surface area contributed by atoms with Gasteiger partial charge in [0, 0.05) is 8.59 Å². The first-order valence-corrected chi connectivity index (χ1v) is 8.24. The summed E-state index contributed by atoms with van der Waals surface area (Å²) >= 11 is 8.63. The zero-order valence-corrected chi connectivity index (χ0v) is 14.9. The second-order valence-electron chi connectivity index (χ2n) is 4.97. The molecule has 0 heterocycles. The van der Waals surface area contributed by atoms with Gasteiger partial charge in [-0.3, -0.25) is 0 Å². The van der Waals surface area contributed by atoms with Crippen LogP contribution in [0.1, 0.15) is 35.2 Å². The fourth-order valence-electron chi connectivity index (χ4n) is 2.42. The Labute approximate surface area is 139 Å². The van der Waals surface area contributed by atoms with Gasteiger partial charge in [-0.15, -0.1) is 0 Å². The van der Waals surface area contributed by atoms with Gasteiger partial charge in [-0.25, -0.2) is 0 Å². The van der Waals surface area contributed by atoms with Crippen LogP contribution >= 0.6 is 34.2 Å². The number of nitrogens with one attached hydrogen (secondary N) is 1. The van der Waals surface area contributed by atoms with Crippen LogP contribution in [0.3, 0.4) is 0 Å². The monoisotopic (exact) mass is 399 g/mol. The van der Waals surface area contributed by atoms with Crippen LogP contribution < -0.4 is 5.32 Å². The molecule has 106 valence electrons. The molecule has 0 amide bonds. The number of hydrogen-bond acceptors (Lipinski definition) is 1. The van der Waals surface area contributed by atoms with Gasteiger partial charge in [0.15, 0.2) is 0 Å². The van der Waals surface area contributed by atoms with E-state index in [1.165, 1.54) is 20.3 Å². The Morgan fingerprint density at radius 1 is 1.10 bits per heavy atom. The zero-order valence-electron chi connectivity index (χ0n) is 12.0. The molecule has 1 unspecified atom stereocenters. The van der Waals surface area contributed by atoms with E-state index in [1.54, 1.807) is 0 Å². The third-order valence-electron chi connectivity index (χ3n) is 3.48. The first-order chi connectivity index (χ1) is 9.54. The van der Waals surface area contributed by atoms with Crippen molar-refractivity contribution in [2.75, 3.05) is 6.54 Å². The van der Waals surface area contributed by atoms with E-state index in [4.69, 9.17) is 11.6 Å². The van der Waals surface area contributed by atoms with Gasteiger partial charge in [-0.05, 0) is 77.4 Å². The summed E-state index contributed by atoms with van der Waals surface area (Å²) < 4.78 is 1.28. The lowest BCUT2D eigenvalue weighted by Gasteiger charge is -2.23. The van der Waals surface area contributed by atoms with Crippen molar-refractivity contribution in [3.63, 3.8) is 0 Å². The summed E-state index contributed by atoms with van der Waals surface area (Å²) in [6, 6.07) is 13.0. The van der Waals surface area contributed by atoms with Crippen molar-refractivity contribution in [3.8, 4) is 0 Å². The topological polar surface area (TPSA) is 12.0 Å². The Morgan fingerprint density at radius 3 is 2.45 bits per heavy atom. The van der Waals surface area contributed by atoms with Gasteiger partial charge in [-0.1, -0.05) is 42.8 Å². The minimum Gasteiger partial charge on any atom is -0.306 e. The fraction of sp³-hybridized carbons (Fsp3) is 0.294. The largest absolute Gasteiger partial charge is 0.306 e. The van der Waals surface area contributed by atoms with E-state index in [2.05, 4.69) is 85.1 Å². The van der Waals surface area contributed by atoms with E-state index in [0.717, 1.165) is 17.1 Å². The molecule has 3 heteroatoms. The molecule has 0 aromatic heterocycles. The molecule has 0 bridgehead atoms. The number of halogens is 2. The molecule has 0 fully saturated rings. The first kappa shape index (κ1) is 15.8. The highest BCUT2D eigenvalue weighted by atomic mass is 127. The van der Waals surface area contributed by atoms with Gasteiger partial charge in [0.1, 0.15) is 0 Å². The predicted molar refractivity (Wildman–Crippen MR) is 95.6 cm³/mol. The third-order valence-corrected chi connectivity index (χ3v) is 4.87. The second kappa shape index (κ2) is 6.92. The summed E-state index contributed by atoms with van der Waals surface area (Å²) in [6.07, 6.45) is 0. The average Bonchev–Trinajstić information content (AvgIpc) is 2.42. The van der Waals surface area contributed by atoms with Crippen molar-refractivity contribution < 1.29 is 0 Å². The molecule has 0 spiro atoms. The number of aryl methyl sites for hydroxylation is 2. The smallest absolute Gasteiger partial charge is 0.0589 e. The lowest BCUT2D eigenvalue weighted by Crippen LogP contribution is -2.23. The van der Waals surface area contributed by atoms with Crippen molar-refractivity contribution >= 4 is 34.2 Å². The fourth-order valence-corrected chi connectivity index (χ4v) is 3.33. The maximum Gasteiger partial charge on any atom is 0.0589 e. The number of rotatable bonds is 4. The summed E-state index contributed by atoms with van der Waals surface area (Å²) in [5, 5.41) is 4.43. The van der Waals surface area contributed by atoms with E-state index in [9.17, 15) is 0 Å². The van der Waals surface area contributed by atoms with Crippen LogP contribution in [-0.4, -0.2) is 6.54 Å². The molecule has 2 aromatic carbocycles. The molecule has 2 aromatic rings. The van der Waals surface area contributed by atoms with Gasteiger partial charge < -0.3 is 5.32 Å². The quantitative estimate of drug-likeness (QED) is 0.692. The van der Waals surface area contributed by atoms with Crippen molar-refractivity contribution in [3.05, 3.63) is 67.2 Å². The highest BCUT2D eigenvalue weighted by Crippen LogP contribution is 2.31. The van der Waals surface area contributed by atoms with Crippen molar-refractivity contribution in [2.24, 2.45) is 0 Å². The van der Waals surface area contributed by atoms with E-state index in [-0.39, 0.29) is 6.04 Å². The molecule has 0 aliphatic rings. The van der Waals surface area contributed by atoms with Crippen LogP contribution in [-0.2, 0) is 0 Å². The minimum atomic E-state index is 0.212. The molecular formula is C17H19ClIN. The van der Waals surface area contributed by atoms with Crippen LogP contribution in [0.15, 0.2) is 36.4 Å². The molecule has 1 atom stereocenters. The summed E-state index contributed by atoms with van der Waals surface area (Å²) in [7, 11) is 0. The minimum absolute atomic E-state index is 0.212. The standard InChI is InChI=1S/C17H19ClIN/c1-4-20-17(13-7-5-6-8-16(13)19)14-9-12(3)15(18)10-11(14)2/h5-10,17,20H,4H2,1-3H3. The van der Waals surface area contributed by atoms with Crippen LogP contribution in [0.2, 0.25) is 5.02 Å². The summed E-state index contributed by atoms with van der Waals surface area (Å²) in [5.74, 6) is 0. The highest BCUT2D eigenvalue weighted by Gasteiger charge is 2.18. The lowest BCUT2D eigenvalue weighted by molar-refractivity contribution is 0.625. The highest BCUT2D eigenvalue weighted by molar-refractivity contribution is 14.1. The Balaban J connectivity index is 2.54. The molecule has 0 radical (unpaired) electrons.